The van der Waals surface area contributed by atoms with Crippen molar-refractivity contribution in [1.82, 2.24) is 9.55 Å². The minimum Gasteiger partial charge on any atom is -0.481 e. The highest BCUT2D eigenvalue weighted by Crippen LogP contribution is 2.22. The molecular formula is C11H8F2N2O2S. The van der Waals surface area contributed by atoms with Crippen LogP contribution in [0.4, 0.5) is 8.78 Å². The van der Waals surface area contributed by atoms with Crippen LogP contribution >= 0.6 is 11.8 Å². The molecule has 0 unspecified atom stereocenters. The quantitative estimate of drug-likeness (QED) is 0.866. The molecule has 0 aliphatic rings. The Hall–Kier alpha value is -1.89. The van der Waals surface area contributed by atoms with E-state index in [9.17, 15) is 13.6 Å². The Labute approximate surface area is 105 Å². The van der Waals surface area contributed by atoms with Crippen molar-refractivity contribution >= 4 is 17.7 Å². The monoisotopic (exact) mass is 270 g/mol. The fourth-order valence-electron chi connectivity index (χ4n) is 1.38. The first-order valence-electron chi connectivity index (χ1n) is 4.91. The number of aliphatic carboxylic acids is 1. The molecule has 4 nitrogen and oxygen atoms in total. The molecule has 0 aliphatic heterocycles. The van der Waals surface area contributed by atoms with Crippen molar-refractivity contribution in [2.45, 2.75) is 5.16 Å². The molecule has 0 bridgehead atoms. The summed E-state index contributed by atoms with van der Waals surface area (Å²) < 4.78 is 27.8. The summed E-state index contributed by atoms with van der Waals surface area (Å²) in [6.45, 7) is 0. The van der Waals surface area contributed by atoms with Crippen LogP contribution in [0, 0.1) is 11.6 Å². The standard InChI is InChI=1S/C11H8F2N2O2S/c12-7-1-2-9(8(13)5-7)15-4-3-14-11(15)18-6-10(16)17/h1-5H,6H2,(H,16,17). The number of carboxylic acid groups (broad SMARTS) is 1. The van der Waals surface area contributed by atoms with Crippen LogP contribution in [-0.4, -0.2) is 26.4 Å². The highest BCUT2D eigenvalue weighted by Gasteiger charge is 2.11. The summed E-state index contributed by atoms with van der Waals surface area (Å²) in [4.78, 5) is 14.4. The smallest absolute Gasteiger partial charge is 0.313 e. The second kappa shape index (κ2) is 5.18. The molecule has 7 heteroatoms. The van der Waals surface area contributed by atoms with Crippen LogP contribution in [0.25, 0.3) is 5.69 Å². The van der Waals surface area contributed by atoms with Gasteiger partial charge in [0.2, 0.25) is 0 Å². The maximum Gasteiger partial charge on any atom is 0.313 e. The molecule has 0 amide bonds. The summed E-state index contributed by atoms with van der Waals surface area (Å²) >= 11 is 0.961. The molecule has 94 valence electrons. The van der Waals surface area contributed by atoms with Gasteiger partial charge in [0, 0.05) is 18.5 Å². The average Bonchev–Trinajstić information content (AvgIpc) is 2.74. The van der Waals surface area contributed by atoms with Crippen molar-refractivity contribution in [3.05, 3.63) is 42.2 Å². The Bertz CT molecular complexity index is 586. The minimum absolute atomic E-state index is 0.127. The van der Waals surface area contributed by atoms with Crippen molar-refractivity contribution in [1.29, 1.82) is 0 Å². The van der Waals surface area contributed by atoms with Crippen LogP contribution in [0.5, 0.6) is 0 Å². The van der Waals surface area contributed by atoms with E-state index in [-0.39, 0.29) is 11.4 Å². The summed E-state index contributed by atoms with van der Waals surface area (Å²) in [5.41, 5.74) is 0.127. The number of benzene rings is 1. The Kier molecular flexibility index (Phi) is 3.61. The fourth-order valence-corrected chi connectivity index (χ4v) is 2.07. The van der Waals surface area contributed by atoms with Gasteiger partial charge in [-0.3, -0.25) is 9.36 Å². The zero-order valence-corrected chi connectivity index (χ0v) is 9.82. The van der Waals surface area contributed by atoms with Crippen molar-refractivity contribution < 1.29 is 18.7 Å². The van der Waals surface area contributed by atoms with Crippen molar-refractivity contribution in [2.75, 3.05) is 5.75 Å². The van der Waals surface area contributed by atoms with Crippen molar-refractivity contribution in [2.24, 2.45) is 0 Å². The molecular weight excluding hydrogens is 262 g/mol. The van der Waals surface area contributed by atoms with Gasteiger partial charge in [-0.2, -0.15) is 0 Å². The number of rotatable bonds is 4. The molecule has 2 rings (SSSR count). The number of thioether (sulfide) groups is 1. The summed E-state index contributed by atoms with van der Waals surface area (Å²) in [6.07, 6.45) is 2.91. The molecule has 0 atom stereocenters. The molecule has 0 fully saturated rings. The van der Waals surface area contributed by atoms with Gasteiger partial charge in [0.25, 0.3) is 0 Å². The fraction of sp³-hybridized carbons (Fsp3) is 0.0909. The van der Waals surface area contributed by atoms with Gasteiger partial charge in [0.15, 0.2) is 5.16 Å². The first-order chi connectivity index (χ1) is 8.58. The first kappa shape index (κ1) is 12.6. The van der Waals surface area contributed by atoms with Gasteiger partial charge in [-0.05, 0) is 12.1 Å². The Balaban J connectivity index is 2.33. The third kappa shape index (κ3) is 2.67. The molecule has 0 aliphatic carbocycles. The van der Waals surface area contributed by atoms with Crippen LogP contribution in [0.2, 0.25) is 0 Å². The third-order valence-electron chi connectivity index (χ3n) is 2.10. The lowest BCUT2D eigenvalue weighted by atomic mass is 10.3. The molecule has 2 aromatic rings. The Morgan fingerprint density at radius 1 is 1.44 bits per heavy atom. The second-order valence-corrected chi connectivity index (χ2v) is 4.30. The van der Waals surface area contributed by atoms with E-state index < -0.39 is 17.6 Å². The van der Waals surface area contributed by atoms with Crippen LogP contribution in [-0.2, 0) is 4.79 Å². The molecule has 0 saturated carbocycles. The zero-order valence-electron chi connectivity index (χ0n) is 9.01. The normalized spacial score (nSPS) is 10.6. The Morgan fingerprint density at radius 2 is 2.22 bits per heavy atom. The molecule has 0 saturated heterocycles. The highest BCUT2D eigenvalue weighted by molar-refractivity contribution is 7.99. The molecule has 1 N–H and O–H groups in total. The predicted octanol–water partition coefficient (Wildman–Crippen LogP) is 2.33. The topological polar surface area (TPSA) is 55.1 Å². The summed E-state index contributed by atoms with van der Waals surface area (Å²) in [5.74, 6) is -2.57. The van der Waals surface area contributed by atoms with E-state index in [0.29, 0.717) is 5.16 Å². The van der Waals surface area contributed by atoms with Crippen LogP contribution < -0.4 is 0 Å². The van der Waals surface area contributed by atoms with E-state index in [1.807, 2.05) is 0 Å². The number of carbonyl (C=O) groups is 1. The van der Waals surface area contributed by atoms with Gasteiger partial charge < -0.3 is 5.11 Å². The van der Waals surface area contributed by atoms with Gasteiger partial charge in [0.05, 0.1) is 11.4 Å². The molecule has 1 aromatic heterocycles. The van der Waals surface area contributed by atoms with Crippen molar-refractivity contribution in [3.8, 4) is 5.69 Å². The SMILES string of the molecule is O=C(O)CSc1nccn1-c1ccc(F)cc1F. The average molecular weight is 270 g/mol. The lowest BCUT2D eigenvalue weighted by Gasteiger charge is -2.07. The van der Waals surface area contributed by atoms with E-state index in [2.05, 4.69) is 4.98 Å². The molecule has 0 radical (unpaired) electrons. The third-order valence-corrected chi connectivity index (χ3v) is 3.05. The number of nitrogens with zero attached hydrogens (tertiary/aromatic N) is 2. The van der Waals surface area contributed by atoms with E-state index in [4.69, 9.17) is 5.11 Å². The number of halogens is 2. The lowest BCUT2D eigenvalue weighted by molar-refractivity contribution is -0.133. The highest BCUT2D eigenvalue weighted by atomic mass is 32.2. The van der Waals surface area contributed by atoms with E-state index in [1.165, 1.54) is 23.0 Å². The summed E-state index contributed by atoms with van der Waals surface area (Å²) in [7, 11) is 0. The number of aromatic nitrogens is 2. The van der Waals surface area contributed by atoms with Crippen LogP contribution in [0.15, 0.2) is 35.7 Å². The largest absolute Gasteiger partial charge is 0.481 e. The predicted molar refractivity (Wildman–Crippen MR) is 61.8 cm³/mol. The Morgan fingerprint density at radius 3 is 2.89 bits per heavy atom. The van der Waals surface area contributed by atoms with Crippen molar-refractivity contribution in [3.63, 3.8) is 0 Å². The van der Waals surface area contributed by atoms with Gasteiger partial charge in [-0.1, -0.05) is 11.8 Å². The number of imidazole rings is 1. The van der Waals surface area contributed by atoms with Gasteiger partial charge in [0.1, 0.15) is 11.6 Å². The number of carboxylic acids is 1. The van der Waals surface area contributed by atoms with Gasteiger partial charge in [-0.25, -0.2) is 13.8 Å². The van der Waals surface area contributed by atoms with Gasteiger partial charge in [-0.15, -0.1) is 0 Å². The maximum atomic E-state index is 13.6. The maximum absolute atomic E-state index is 13.6. The molecule has 0 spiro atoms. The van der Waals surface area contributed by atoms with E-state index in [1.54, 1.807) is 0 Å². The van der Waals surface area contributed by atoms with E-state index in [0.717, 1.165) is 23.9 Å². The zero-order chi connectivity index (χ0) is 13.1. The molecule has 1 heterocycles. The summed E-state index contributed by atoms with van der Waals surface area (Å²) in [6, 6.07) is 3.17. The molecule has 18 heavy (non-hydrogen) atoms. The minimum atomic E-state index is -0.992. The lowest BCUT2D eigenvalue weighted by Crippen LogP contribution is -2.03. The molecule has 1 aromatic carbocycles. The van der Waals surface area contributed by atoms with Crippen LogP contribution in [0.1, 0.15) is 0 Å². The van der Waals surface area contributed by atoms with E-state index >= 15 is 0 Å². The summed E-state index contributed by atoms with van der Waals surface area (Å²) in [5, 5.41) is 8.92. The number of hydrogen-bond donors (Lipinski definition) is 1. The van der Waals surface area contributed by atoms with Crippen LogP contribution in [0.3, 0.4) is 0 Å². The second-order valence-electron chi connectivity index (χ2n) is 3.36. The first-order valence-corrected chi connectivity index (χ1v) is 5.90. The number of hydrogen-bond acceptors (Lipinski definition) is 3. The van der Waals surface area contributed by atoms with Gasteiger partial charge >= 0.3 is 5.97 Å².